The average Bonchev–Trinajstić information content (AvgIpc) is 2.38. The normalized spacial score (nSPS) is 21.1. The standard InChI is InChI=1S/C11H14F3N3O/c12-11(13,14)9-3-4-15-10(16-9)17-5-1-2-8(6-17)7-18/h3-4,8,18H,1-2,5-7H2. The van der Waals surface area contributed by atoms with Gasteiger partial charge in [-0.3, -0.25) is 0 Å². The fourth-order valence-corrected chi connectivity index (χ4v) is 2.05. The Morgan fingerprint density at radius 1 is 1.44 bits per heavy atom. The molecule has 0 bridgehead atoms. The predicted molar refractivity (Wildman–Crippen MR) is 59.1 cm³/mol. The fourth-order valence-electron chi connectivity index (χ4n) is 2.05. The maximum absolute atomic E-state index is 12.5. The van der Waals surface area contributed by atoms with Gasteiger partial charge < -0.3 is 10.0 Å². The van der Waals surface area contributed by atoms with Crippen LogP contribution in [0.5, 0.6) is 0 Å². The van der Waals surface area contributed by atoms with E-state index in [0.717, 1.165) is 25.1 Å². The third-order valence-corrected chi connectivity index (χ3v) is 2.99. The zero-order valence-corrected chi connectivity index (χ0v) is 9.69. The number of rotatable bonds is 2. The van der Waals surface area contributed by atoms with E-state index in [9.17, 15) is 13.2 Å². The smallest absolute Gasteiger partial charge is 0.396 e. The van der Waals surface area contributed by atoms with Crippen LogP contribution in [0.15, 0.2) is 12.3 Å². The number of aliphatic hydroxyl groups excluding tert-OH is 1. The molecule has 4 nitrogen and oxygen atoms in total. The summed E-state index contributed by atoms with van der Waals surface area (Å²) in [5.74, 6) is 0.167. The Morgan fingerprint density at radius 3 is 2.89 bits per heavy atom. The highest BCUT2D eigenvalue weighted by atomic mass is 19.4. The van der Waals surface area contributed by atoms with Crippen LogP contribution in [0.4, 0.5) is 19.1 Å². The van der Waals surface area contributed by atoms with Crippen molar-refractivity contribution in [1.29, 1.82) is 0 Å². The van der Waals surface area contributed by atoms with E-state index in [-0.39, 0.29) is 18.5 Å². The summed E-state index contributed by atoms with van der Waals surface area (Å²) in [6.07, 6.45) is -1.63. The number of aromatic nitrogens is 2. The minimum atomic E-state index is -4.45. The molecule has 1 unspecified atom stereocenters. The largest absolute Gasteiger partial charge is 0.433 e. The summed E-state index contributed by atoms with van der Waals surface area (Å²) in [6.45, 7) is 1.16. The topological polar surface area (TPSA) is 49.2 Å². The summed E-state index contributed by atoms with van der Waals surface area (Å²) in [7, 11) is 0. The van der Waals surface area contributed by atoms with Gasteiger partial charge in [0.1, 0.15) is 5.69 Å². The summed E-state index contributed by atoms with van der Waals surface area (Å²) < 4.78 is 37.6. The SMILES string of the molecule is OCC1CCCN(c2nccc(C(F)(F)F)n2)C1. The van der Waals surface area contributed by atoms with E-state index >= 15 is 0 Å². The lowest BCUT2D eigenvalue weighted by Crippen LogP contribution is -2.38. The van der Waals surface area contributed by atoms with E-state index in [1.54, 1.807) is 4.90 Å². The summed E-state index contributed by atoms with van der Waals surface area (Å²) in [6, 6.07) is 0.858. The van der Waals surface area contributed by atoms with Crippen LogP contribution >= 0.6 is 0 Å². The van der Waals surface area contributed by atoms with Gasteiger partial charge in [-0.05, 0) is 24.8 Å². The molecule has 1 aromatic rings. The number of nitrogens with zero attached hydrogens (tertiary/aromatic N) is 3. The Labute approximate surface area is 102 Å². The van der Waals surface area contributed by atoms with E-state index in [0.29, 0.717) is 13.1 Å². The average molecular weight is 261 g/mol. The van der Waals surface area contributed by atoms with Gasteiger partial charge in [-0.2, -0.15) is 13.2 Å². The van der Waals surface area contributed by atoms with Crippen LogP contribution in [0, 0.1) is 5.92 Å². The molecule has 0 radical (unpaired) electrons. The quantitative estimate of drug-likeness (QED) is 0.880. The first-order chi connectivity index (χ1) is 8.50. The van der Waals surface area contributed by atoms with Crippen molar-refractivity contribution >= 4 is 5.95 Å². The van der Waals surface area contributed by atoms with E-state index in [2.05, 4.69) is 9.97 Å². The second kappa shape index (κ2) is 5.09. The van der Waals surface area contributed by atoms with Gasteiger partial charge in [-0.25, -0.2) is 9.97 Å². The molecule has 1 saturated heterocycles. The molecule has 1 aliphatic heterocycles. The van der Waals surface area contributed by atoms with Crippen molar-refractivity contribution in [2.75, 3.05) is 24.6 Å². The summed E-state index contributed by atoms with van der Waals surface area (Å²) >= 11 is 0. The lowest BCUT2D eigenvalue weighted by Gasteiger charge is -2.31. The zero-order valence-electron chi connectivity index (χ0n) is 9.69. The molecule has 2 heterocycles. The fraction of sp³-hybridized carbons (Fsp3) is 0.636. The molecule has 18 heavy (non-hydrogen) atoms. The molecule has 0 spiro atoms. The Kier molecular flexibility index (Phi) is 3.70. The molecular formula is C11H14F3N3O. The van der Waals surface area contributed by atoms with Gasteiger partial charge >= 0.3 is 6.18 Å². The van der Waals surface area contributed by atoms with E-state index in [1.807, 2.05) is 0 Å². The molecule has 0 aliphatic carbocycles. The maximum Gasteiger partial charge on any atom is 0.433 e. The molecule has 0 saturated carbocycles. The molecule has 1 atom stereocenters. The number of halogens is 3. The minimum Gasteiger partial charge on any atom is -0.396 e. The monoisotopic (exact) mass is 261 g/mol. The summed E-state index contributed by atoms with van der Waals surface area (Å²) in [5.41, 5.74) is -0.932. The zero-order chi connectivity index (χ0) is 13.2. The van der Waals surface area contributed by atoms with E-state index in [1.165, 1.54) is 0 Å². The van der Waals surface area contributed by atoms with Crippen LogP contribution in [0.1, 0.15) is 18.5 Å². The third-order valence-electron chi connectivity index (χ3n) is 2.99. The van der Waals surface area contributed by atoms with Crippen molar-refractivity contribution in [3.05, 3.63) is 18.0 Å². The molecule has 2 rings (SSSR count). The van der Waals surface area contributed by atoms with Crippen LogP contribution in [0.2, 0.25) is 0 Å². The van der Waals surface area contributed by atoms with Crippen molar-refractivity contribution in [3.63, 3.8) is 0 Å². The van der Waals surface area contributed by atoms with Gasteiger partial charge in [0.05, 0.1) is 0 Å². The summed E-state index contributed by atoms with van der Waals surface area (Å²) in [4.78, 5) is 9.12. The molecule has 0 amide bonds. The van der Waals surface area contributed by atoms with Crippen molar-refractivity contribution in [2.24, 2.45) is 5.92 Å². The van der Waals surface area contributed by atoms with Gasteiger partial charge in [-0.15, -0.1) is 0 Å². The first-order valence-electron chi connectivity index (χ1n) is 5.77. The van der Waals surface area contributed by atoms with Crippen LogP contribution < -0.4 is 4.90 Å². The number of piperidine rings is 1. The van der Waals surface area contributed by atoms with E-state index in [4.69, 9.17) is 5.11 Å². The lowest BCUT2D eigenvalue weighted by atomic mass is 9.99. The Morgan fingerprint density at radius 2 is 2.22 bits per heavy atom. The van der Waals surface area contributed by atoms with Gasteiger partial charge in [0.25, 0.3) is 0 Å². The van der Waals surface area contributed by atoms with Crippen LogP contribution in [0.3, 0.4) is 0 Å². The van der Waals surface area contributed by atoms with Crippen molar-refractivity contribution < 1.29 is 18.3 Å². The molecule has 7 heteroatoms. The molecule has 1 aromatic heterocycles. The Balaban J connectivity index is 2.18. The molecule has 100 valence electrons. The highest BCUT2D eigenvalue weighted by molar-refractivity contribution is 5.31. The summed E-state index contributed by atoms with van der Waals surface area (Å²) in [5, 5.41) is 9.09. The number of hydrogen-bond acceptors (Lipinski definition) is 4. The highest BCUT2D eigenvalue weighted by Crippen LogP contribution is 2.29. The van der Waals surface area contributed by atoms with Gasteiger partial charge in [-0.1, -0.05) is 0 Å². The highest BCUT2D eigenvalue weighted by Gasteiger charge is 2.33. The lowest BCUT2D eigenvalue weighted by molar-refractivity contribution is -0.141. The molecular weight excluding hydrogens is 247 g/mol. The van der Waals surface area contributed by atoms with Crippen molar-refractivity contribution in [2.45, 2.75) is 19.0 Å². The predicted octanol–water partition coefficient (Wildman–Crippen LogP) is 1.70. The molecule has 1 N–H and O–H groups in total. The first-order valence-corrected chi connectivity index (χ1v) is 5.77. The van der Waals surface area contributed by atoms with Crippen LogP contribution in [-0.2, 0) is 6.18 Å². The minimum absolute atomic E-state index is 0.0372. The van der Waals surface area contributed by atoms with E-state index < -0.39 is 11.9 Å². The molecule has 1 aliphatic rings. The van der Waals surface area contributed by atoms with Gasteiger partial charge in [0, 0.05) is 25.9 Å². The van der Waals surface area contributed by atoms with Crippen molar-refractivity contribution in [3.8, 4) is 0 Å². The first kappa shape index (κ1) is 13.1. The molecule has 1 fully saturated rings. The third kappa shape index (κ3) is 2.90. The number of aliphatic hydroxyl groups is 1. The van der Waals surface area contributed by atoms with Gasteiger partial charge in [0.15, 0.2) is 0 Å². The van der Waals surface area contributed by atoms with Gasteiger partial charge in [0.2, 0.25) is 5.95 Å². The Hall–Kier alpha value is -1.37. The number of hydrogen-bond donors (Lipinski definition) is 1. The maximum atomic E-state index is 12.5. The molecule has 0 aromatic carbocycles. The van der Waals surface area contributed by atoms with Crippen molar-refractivity contribution in [1.82, 2.24) is 9.97 Å². The van der Waals surface area contributed by atoms with Crippen LogP contribution in [0.25, 0.3) is 0 Å². The number of alkyl halides is 3. The second-order valence-electron chi connectivity index (χ2n) is 4.38. The second-order valence-corrected chi connectivity index (χ2v) is 4.38. The number of anilines is 1. The Bertz CT molecular complexity index is 411. The van der Waals surface area contributed by atoms with Crippen LogP contribution in [-0.4, -0.2) is 34.8 Å².